The summed E-state index contributed by atoms with van der Waals surface area (Å²) in [5, 5.41) is 0. The van der Waals surface area contributed by atoms with Gasteiger partial charge in [0.1, 0.15) is 5.75 Å². The topological polar surface area (TPSA) is 63.7 Å². The third kappa shape index (κ3) is 2.42. The largest absolute Gasteiger partial charge is 0.423 e. The Balaban J connectivity index is 1.47. The molecule has 1 saturated heterocycles. The molecule has 0 aromatic heterocycles. The number of carbonyl (C=O) groups is 3. The van der Waals surface area contributed by atoms with Crippen molar-refractivity contribution in [2.24, 2.45) is 11.8 Å². The molecule has 0 N–H and O–H groups in total. The monoisotopic (exact) mass is 421 g/mol. The van der Waals surface area contributed by atoms with Crippen LogP contribution in [0.1, 0.15) is 34.1 Å². The summed E-state index contributed by atoms with van der Waals surface area (Å²) in [4.78, 5) is 40.3. The smallest absolute Gasteiger partial charge is 0.335 e. The van der Waals surface area contributed by atoms with Crippen molar-refractivity contribution in [3.63, 3.8) is 0 Å². The van der Waals surface area contributed by atoms with Crippen LogP contribution in [0.5, 0.6) is 5.75 Å². The van der Waals surface area contributed by atoms with Gasteiger partial charge in [-0.1, -0.05) is 61.2 Å². The Morgan fingerprint density at radius 2 is 1.28 bits per heavy atom. The van der Waals surface area contributed by atoms with Crippen molar-refractivity contribution in [3.05, 3.63) is 108 Å². The molecule has 3 aliphatic carbocycles. The van der Waals surface area contributed by atoms with Crippen LogP contribution in [-0.2, 0) is 14.4 Å². The minimum atomic E-state index is -0.598. The van der Waals surface area contributed by atoms with Crippen LogP contribution in [0.3, 0.4) is 0 Å². The number of nitrogens with zero attached hydrogens (tertiary/aromatic N) is 1. The molecule has 156 valence electrons. The van der Waals surface area contributed by atoms with E-state index in [2.05, 4.69) is 30.8 Å². The van der Waals surface area contributed by atoms with Crippen LogP contribution >= 0.6 is 0 Å². The molecule has 2 atom stereocenters. The SMILES string of the molecule is C=CC(=O)Oc1cccc(N2C(=O)[C@@H]3C4c5ccccc5C(c5ccccc54)[C@H]3C2=O)c1. The first-order chi connectivity index (χ1) is 15.6. The minimum absolute atomic E-state index is 0.152. The van der Waals surface area contributed by atoms with Gasteiger partial charge in [0.25, 0.3) is 0 Å². The zero-order chi connectivity index (χ0) is 22.0. The Kier molecular flexibility index (Phi) is 3.96. The number of amides is 2. The number of ether oxygens (including phenoxy) is 1. The van der Waals surface area contributed by atoms with Crippen molar-refractivity contribution in [2.45, 2.75) is 11.8 Å². The normalized spacial score (nSPS) is 24.6. The number of anilines is 1. The molecule has 4 aliphatic rings. The van der Waals surface area contributed by atoms with Crippen molar-refractivity contribution >= 4 is 23.5 Å². The van der Waals surface area contributed by atoms with Crippen LogP contribution in [0.2, 0.25) is 0 Å². The van der Waals surface area contributed by atoms with E-state index in [1.165, 1.54) is 4.90 Å². The summed E-state index contributed by atoms with van der Waals surface area (Å²) < 4.78 is 5.20. The van der Waals surface area contributed by atoms with Gasteiger partial charge in [-0.2, -0.15) is 0 Å². The van der Waals surface area contributed by atoms with E-state index in [1.807, 2.05) is 24.3 Å². The lowest BCUT2D eigenvalue weighted by Gasteiger charge is -2.45. The third-order valence-electron chi connectivity index (χ3n) is 6.91. The van der Waals surface area contributed by atoms with E-state index in [-0.39, 0.29) is 29.4 Å². The summed E-state index contributed by atoms with van der Waals surface area (Å²) in [6.45, 7) is 3.40. The second kappa shape index (κ2) is 6.76. The third-order valence-corrected chi connectivity index (χ3v) is 6.91. The Labute approximate surface area is 184 Å². The molecule has 0 saturated carbocycles. The number of imide groups is 1. The molecule has 5 heteroatoms. The second-order valence-electron chi connectivity index (χ2n) is 8.40. The molecule has 1 aliphatic heterocycles. The second-order valence-corrected chi connectivity index (χ2v) is 8.40. The van der Waals surface area contributed by atoms with Gasteiger partial charge in [-0.05, 0) is 34.4 Å². The van der Waals surface area contributed by atoms with E-state index < -0.39 is 17.8 Å². The number of benzene rings is 3. The fourth-order valence-corrected chi connectivity index (χ4v) is 5.78. The average molecular weight is 421 g/mol. The summed E-state index contributed by atoms with van der Waals surface area (Å²) in [7, 11) is 0. The van der Waals surface area contributed by atoms with Crippen LogP contribution in [-0.4, -0.2) is 17.8 Å². The lowest BCUT2D eigenvalue weighted by Crippen LogP contribution is -2.41. The Hall–Kier alpha value is -3.99. The van der Waals surface area contributed by atoms with Crippen molar-refractivity contribution in [2.75, 3.05) is 4.90 Å². The Morgan fingerprint density at radius 1 is 0.781 bits per heavy atom. The Bertz CT molecular complexity index is 1210. The first kappa shape index (κ1) is 18.8. The van der Waals surface area contributed by atoms with E-state index in [1.54, 1.807) is 24.3 Å². The van der Waals surface area contributed by atoms with Gasteiger partial charge in [0.15, 0.2) is 0 Å². The van der Waals surface area contributed by atoms with Crippen molar-refractivity contribution in [1.82, 2.24) is 0 Å². The molecule has 0 radical (unpaired) electrons. The highest BCUT2D eigenvalue weighted by Gasteiger charge is 2.61. The number of rotatable bonds is 3. The first-order valence-corrected chi connectivity index (χ1v) is 10.6. The van der Waals surface area contributed by atoms with Crippen molar-refractivity contribution in [3.8, 4) is 5.75 Å². The summed E-state index contributed by atoms with van der Waals surface area (Å²) in [5.74, 6) is -1.94. The number of hydrogen-bond acceptors (Lipinski definition) is 4. The summed E-state index contributed by atoms with van der Waals surface area (Å²) in [6.07, 6.45) is 1.07. The molecule has 3 aromatic rings. The van der Waals surface area contributed by atoms with Gasteiger partial charge < -0.3 is 4.74 Å². The maximum atomic E-state index is 13.7. The van der Waals surface area contributed by atoms with Crippen LogP contribution in [0.25, 0.3) is 0 Å². The van der Waals surface area contributed by atoms with Gasteiger partial charge in [0, 0.05) is 24.0 Å². The molecule has 1 fully saturated rings. The van der Waals surface area contributed by atoms with Crippen LogP contribution in [0.4, 0.5) is 5.69 Å². The zero-order valence-electron chi connectivity index (χ0n) is 17.1. The summed E-state index contributed by atoms with van der Waals surface area (Å²) >= 11 is 0. The maximum absolute atomic E-state index is 13.7. The Morgan fingerprint density at radius 3 is 1.75 bits per heavy atom. The number of hydrogen-bond donors (Lipinski definition) is 0. The molecule has 3 aromatic carbocycles. The number of carbonyl (C=O) groups excluding carboxylic acids is 3. The average Bonchev–Trinajstić information content (AvgIpc) is 3.09. The standard InChI is InChI=1S/C27H19NO4/c1-2-21(29)32-16-9-7-8-15(14-16)28-26(30)24-22-17-10-3-4-11-18(17)23(25(24)27(28)31)20-13-6-5-12-19(20)22/h2-14,22-25H,1H2/t22?,23?,24-,25-/m1/s1. The quantitative estimate of drug-likeness (QED) is 0.276. The molecule has 32 heavy (non-hydrogen) atoms. The van der Waals surface area contributed by atoms with E-state index >= 15 is 0 Å². The van der Waals surface area contributed by atoms with Gasteiger partial charge in [-0.25, -0.2) is 9.69 Å². The van der Waals surface area contributed by atoms with Crippen LogP contribution in [0, 0.1) is 11.8 Å². The highest BCUT2D eigenvalue weighted by atomic mass is 16.5. The number of esters is 1. The predicted molar refractivity (Wildman–Crippen MR) is 118 cm³/mol. The fraction of sp³-hybridized carbons (Fsp3) is 0.148. The molecule has 5 nitrogen and oxygen atoms in total. The zero-order valence-corrected chi connectivity index (χ0v) is 17.1. The maximum Gasteiger partial charge on any atom is 0.335 e. The molecule has 1 heterocycles. The lowest BCUT2D eigenvalue weighted by atomic mass is 9.55. The predicted octanol–water partition coefficient (Wildman–Crippen LogP) is 4.17. The van der Waals surface area contributed by atoms with E-state index in [0.717, 1.165) is 28.3 Å². The molecule has 2 amide bonds. The molecular weight excluding hydrogens is 402 g/mol. The van der Waals surface area contributed by atoms with Crippen molar-refractivity contribution in [1.29, 1.82) is 0 Å². The molecule has 2 bridgehead atoms. The van der Waals surface area contributed by atoms with Crippen LogP contribution in [0.15, 0.2) is 85.5 Å². The summed E-state index contributed by atoms with van der Waals surface area (Å²) in [6, 6.07) is 22.8. The molecule has 0 spiro atoms. The van der Waals surface area contributed by atoms with E-state index in [0.29, 0.717) is 5.69 Å². The highest BCUT2D eigenvalue weighted by molar-refractivity contribution is 6.23. The summed E-state index contributed by atoms with van der Waals surface area (Å²) in [5.41, 5.74) is 4.95. The van der Waals surface area contributed by atoms with E-state index in [9.17, 15) is 14.4 Å². The molecular formula is C27H19NO4. The van der Waals surface area contributed by atoms with Gasteiger partial charge in [-0.3, -0.25) is 9.59 Å². The van der Waals surface area contributed by atoms with Gasteiger partial charge in [0.05, 0.1) is 17.5 Å². The van der Waals surface area contributed by atoms with Gasteiger partial charge in [-0.15, -0.1) is 0 Å². The first-order valence-electron chi connectivity index (χ1n) is 10.6. The molecule has 7 rings (SSSR count). The van der Waals surface area contributed by atoms with E-state index in [4.69, 9.17) is 4.74 Å². The van der Waals surface area contributed by atoms with Gasteiger partial charge >= 0.3 is 5.97 Å². The van der Waals surface area contributed by atoms with Crippen LogP contribution < -0.4 is 9.64 Å². The molecule has 0 unspecified atom stereocenters. The minimum Gasteiger partial charge on any atom is -0.423 e. The lowest BCUT2D eigenvalue weighted by molar-refractivity contribution is -0.129. The highest BCUT2D eigenvalue weighted by Crippen LogP contribution is 2.61. The fourth-order valence-electron chi connectivity index (χ4n) is 5.78. The van der Waals surface area contributed by atoms with Crippen molar-refractivity contribution < 1.29 is 19.1 Å². The van der Waals surface area contributed by atoms with Gasteiger partial charge in [0.2, 0.25) is 11.8 Å².